The third-order valence-corrected chi connectivity index (χ3v) is 9.09. The first-order chi connectivity index (χ1) is 19.1. The summed E-state index contributed by atoms with van der Waals surface area (Å²) in [5.74, 6) is 0. The topological polar surface area (TPSA) is 49.7 Å². The summed E-state index contributed by atoms with van der Waals surface area (Å²) in [6.45, 7) is -0.757. The molecule has 236 valence electrons. The molecule has 5 heteroatoms. The summed E-state index contributed by atoms with van der Waals surface area (Å²) in [5, 5.41) is 0. The minimum Gasteiger partial charge on any atom is -0.325 e. The Kier molecular flexibility index (Phi) is 33.5. The number of hydrogen-bond donors (Lipinski definition) is 2. The molecule has 0 spiro atoms. The normalized spacial score (nSPS) is 12.0. The molecule has 0 unspecified atom stereocenters. The average Bonchev–Trinajstić information content (AvgIpc) is 2.90. The van der Waals surface area contributed by atoms with Gasteiger partial charge in [-0.1, -0.05) is 206 Å². The number of hydrogen-bond acceptors (Lipinski definition) is 2. The first-order valence-electron chi connectivity index (χ1n) is 17.8. The molecule has 0 saturated heterocycles. The van der Waals surface area contributed by atoms with Crippen LogP contribution in [0.1, 0.15) is 212 Å². The Balaban J connectivity index is 3.04. The fourth-order valence-corrected chi connectivity index (χ4v) is 6.25. The van der Waals surface area contributed by atoms with Crippen molar-refractivity contribution in [3.8, 4) is 0 Å². The molecule has 39 heavy (non-hydrogen) atoms. The molecule has 0 aliphatic carbocycles. The lowest BCUT2D eigenvalue weighted by Gasteiger charge is -2.07. The van der Waals surface area contributed by atoms with Gasteiger partial charge in [-0.25, -0.2) is 0 Å². The summed E-state index contributed by atoms with van der Waals surface area (Å²) in [6.07, 6.45) is 45.0. The molecule has 0 aromatic carbocycles. The van der Waals surface area contributed by atoms with E-state index in [2.05, 4.69) is 18.7 Å². The number of rotatable bonds is 34. The Morgan fingerprint density at radius 2 is 0.538 bits per heavy atom. The van der Waals surface area contributed by atoms with Crippen molar-refractivity contribution in [1.29, 1.82) is 0 Å². The molecule has 0 rings (SSSR count). The highest BCUT2D eigenvalue weighted by molar-refractivity contribution is 8.06. The first-order valence-corrected chi connectivity index (χ1v) is 20.4. The molecule has 0 fully saturated rings. The molecule has 2 N–H and O–H groups in total. The first kappa shape index (κ1) is 39.5. The Labute approximate surface area is 251 Å². The van der Waals surface area contributed by atoms with E-state index in [1.807, 2.05) is 0 Å². The van der Waals surface area contributed by atoms with Crippen LogP contribution in [0, 0.1) is 0 Å². The van der Waals surface area contributed by atoms with E-state index in [1.54, 1.807) is 0 Å². The molecule has 0 heterocycles. The van der Waals surface area contributed by atoms with Gasteiger partial charge in [-0.15, -0.1) is 0 Å². The molecule has 3 nitrogen and oxygen atoms in total. The van der Waals surface area contributed by atoms with Crippen LogP contribution < -0.4 is 0 Å². The lowest BCUT2D eigenvalue weighted by atomic mass is 10.0. The van der Waals surface area contributed by atoms with Crippen LogP contribution in [0.5, 0.6) is 0 Å². The Morgan fingerprint density at radius 1 is 0.359 bits per heavy atom. The lowest BCUT2D eigenvalue weighted by Crippen LogP contribution is -1.92. The largest absolute Gasteiger partial charge is 0.325 e. The van der Waals surface area contributed by atoms with Crippen molar-refractivity contribution in [1.82, 2.24) is 0 Å². The molecule has 0 aliphatic rings. The zero-order valence-corrected chi connectivity index (χ0v) is 28.2. The highest BCUT2D eigenvalue weighted by Gasteiger charge is 2.06. The van der Waals surface area contributed by atoms with E-state index in [0.717, 1.165) is 12.8 Å². The lowest BCUT2D eigenvalue weighted by molar-refractivity contribution is 0.245. The van der Waals surface area contributed by atoms with Crippen molar-refractivity contribution in [2.24, 2.45) is 0 Å². The molecular weight excluding hydrogens is 519 g/mol. The fourth-order valence-electron chi connectivity index (χ4n) is 5.66. The second-order valence-electron chi connectivity index (χ2n) is 12.3. The Bertz CT molecular complexity index is 497. The van der Waals surface area contributed by atoms with Gasteiger partial charge in [0.2, 0.25) is 0 Å². The Hall–Kier alpha value is 0.530. The molecule has 0 amide bonds. The maximum atomic E-state index is 8.99. The van der Waals surface area contributed by atoms with Gasteiger partial charge in [0.25, 0.3) is 0 Å². The van der Waals surface area contributed by atoms with Crippen LogP contribution >= 0.6 is 6.72 Å². The van der Waals surface area contributed by atoms with Crippen LogP contribution in [0.2, 0.25) is 0 Å². The molecule has 0 atom stereocenters. The predicted molar refractivity (Wildman–Crippen MR) is 178 cm³/mol. The van der Waals surface area contributed by atoms with E-state index < -0.39 is 6.72 Å². The molecule has 0 aromatic rings. The number of unbranched alkanes of at least 4 members (excludes halogenated alkanes) is 31. The van der Waals surface area contributed by atoms with Crippen molar-refractivity contribution in [3.05, 3.63) is 0 Å². The highest BCUT2D eigenvalue weighted by Crippen LogP contribution is 2.36. The van der Waals surface area contributed by atoms with Crippen LogP contribution in [0.25, 0.3) is 0 Å². The maximum absolute atomic E-state index is 8.99. The van der Waals surface area contributed by atoms with Gasteiger partial charge in [-0.3, -0.25) is 0 Å². The van der Waals surface area contributed by atoms with Crippen molar-refractivity contribution < 1.29 is 14.3 Å². The van der Waals surface area contributed by atoms with Crippen molar-refractivity contribution in [2.45, 2.75) is 212 Å². The average molecular weight is 591 g/mol. The molecule has 0 saturated carbocycles. The van der Waals surface area contributed by atoms with Crippen molar-refractivity contribution >= 4 is 18.5 Å². The quantitative estimate of drug-likeness (QED) is 0.0578. The summed E-state index contributed by atoms with van der Waals surface area (Å²) in [5.41, 5.74) is 0. The van der Waals surface area contributed by atoms with Crippen molar-refractivity contribution in [3.63, 3.8) is 0 Å². The van der Waals surface area contributed by atoms with Gasteiger partial charge in [0.15, 0.2) is 0 Å². The second-order valence-corrected chi connectivity index (χ2v) is 15.0. The zero-order chi connectivity index (χ0) is 28.5. The van der Waals surface area contributed by atoms with Gasteiger partial charge >= 0.3 is 6.72 Å². The second kappa shape index (κ2) is 33.0. The Morgan fingerprint density at radius 3 is 0.718 bits per heavy atom. The minimum absolute atomic E-state index is 0.379. The molecule has 0 aromatic heterocycles. The van der Waals surface area contributed by atoms with Crippen LogP contribution in [-0.4, -0.2) is 16.4 Å². The smallest absolute Gasteiger partial charge is 0.321 e. The molecular formula is C34H71O3PS. The molecule has 0 bridgehead atoms. The van der Waals surface area contributed by atoms with Gasteiger partial charge < -0.3 is 14.3 Å². The van der Waals surface area contributed by atoms with Gasteiger partial charge in [-0.2, -0.15) is 0 Å². The highest BCUT2D eigenvalue weighted by atomic mass is 32.5. The van der Waals surface area contributed by atoms with Crippen LogP contribution in [0.15, 0.2) is 0 Å². The zero-order valence-electron chi connectivity index (χ0n) is 26.5. The van der Waals surface area contributed by atoms with E-state index in [0.29, 0.717) is 6.61 Å². The van der Waals surface area contributed by atoms with Gasteiger partial charge in [0.1, 0.15) is 0 Å². The standard InChI is InChI=1S/C34H71O3PS/c1-2-3-4-5-6-7-8-9-10-11-12-13-14-15-16-17-18-19-20-21-22-23-24-25-26-27-28-29-30-31-32-33-34-37-38(35,36)39/h2-34H2,1H3,(H2,35,36,39). The third-order valence-electron chi connectivity index (χ3n) is 8.26. The summed E-state index contributed by atoms with van der Waals surface area (Å²) >= 11 is 4.44. The summed E-state index contributed by atoms with van der Waals surface area (Å²) in [7, 11) is 0. The van der Waals surface area contributed by atoms with Crippen LogP contribution in [0.4, 0.5) is 0 Å². The van der Waals surface area contributed by atoms with Gasteiger partial charge in [-0.05, 0) is 18.2 Å². The van der Waals surface area contributed by atoms with E-state index >= 15 is 0 Å². The van der Waals surface area contributed by atoms with E-state index in [4.69, 9.17) is 14.3 Å². The minimum atomic E-state index is -3.44. The maximum Gasteiger partial charge on any atom is 0.321 e. The fraction of sp³-hybridized carbons (Fsp3) is 1.00. The van der Waals surface area contributed by atoms with Crippen molar-refractivity contribution in [2.75, 3.05) is 6.61 Å². The predicted octanol–water partition coefficient (Wildman–Crippen LogP) is 12.7. The van der Waals surface area contributed by atoms with Crippen LogP contribution in [-0.2, 0) is 16.3 Å². The third kappa shape index (κ3) is 38.5. The molecule has 0 radical (unpaired) electrons. The van der Waals surface area contributed by atoms with E-state index in [-0.39, 0.29) is 0 Å². The van der Waals surface area contributed by atoms with Crippen LogP contribution in [0.3, 0.4) is 0 Å². The summed E-state index contributed by atoms with van der Waals surface area (Å²) in [6, 6.07) is 0. The summed E-state index contributed by atoms with van der Waals surface area (Å²) in [4.78, 5) is 18.0. The monoisotopic (exact) mass is 590 g/mol. The van der Waals surface area contributed by atoms with Gasteiger partial charge in [0.05, 0.1) is 6.61 Å². The summed E-state index contributed by atoms with van der Waals surface area (Å²) < 4.78 is 4.83. The van der Waals surface area contributed by atoms with E-state index in [1.165, 1.54) is 193 Å². The SMILES string of the molecule is CCCCCCCCCCCCCCCCCCCCCCCCCCCCCCCCCCOP(O)(O)=S. The van der Waals surface area contributed by atoms with E-state index in [9.17, 15) is 0 Å². The molecule has 0 aliphatic heterocycles. The van der Waals surface area contributed by atoms with Gasteiger partial charge in [0, 0.05) is 0 Å².